The molecule has 0 fully saturated rings. The van der Waals surface area contributed by atoms with Crippen LogP contribution in [0, 0.1) is 0 Å². The molecular weight excluding hydrogens is 422 g/mol. The molecule has 3 nitrogen and oxygen atoms in total. The standard InChI is InChI=1S/C26H38O3P2/c1-24(2,3)30-22-20(28-18-19-14-11-10-12-15-19)16-13-17-21(22)29-23(30)31(27,25(4,5)6)26(7,8)9/h10-17,23H,18H2,1-9H3/t23-,30+/m1/s1. The van der Waals surface area contributed by atoms with Gasteiger partial charge in [0.2, 0.25) is 0 Å². The number of fused-ring (bicyclic) bond motifs is 1. The quantitative estimate of drug-likeness (QED) is 0.437. The van der Waals surface area contributed by atoms with Crippen LogP contribution >= 0.6 is 15.1 Å². The fourth-order valence-electron chi connectivity index (χ4n) is 4.54. The monoisotopic (exact) mass is 460 g/mol. The van der Waals surface area contributed by atoms with Crippen molar-refractivity contribution in [2.75, 3.05) is 0 Å². The fourth-order valence-corrected chi connectivity index (χ4v) is 15.4. The fraction of sp³-hybridized carbons (Fsp3) is 0.538. The Balaban J connectivity index is 2.10. The molecule has 0 N–H and O–H groups in total. The summed E-state index contributed by atoms with van der Waals surface area (Å²) >= 11 is 0. The summed E-state index contributed by atoms with van der Waals surface area (Å²) in [6, 6.07) is 16.2. The van der Waals surface area contributed by atoms with Crippen molar-refractivity contribution in [3.63, 3.8) is 0 Å². The molecule has 0 aliphatic carbocycles. The third kappa shape index (κ3) is 4.46. The minimum atomic E-state index is -2.82. The van der Waals surface area contributed by atoms with E-state index in [0.717, 1.165) is 22.4 Å². The second kappa shape index (κ2) is 8.24. The lowest BCUT2D eigenvalue weighted by molar-refractivity contribution is 0.306. The van der Waals surface area contributed by atoms with Crippen molar-refractivity contribution in [3.05, 3.63) is 54.1 Å². The summed E-state index contributed by atoms with van der Waals surface area (Å²) in [6.45, 7) is 19.9. The van der Waals surface area contributed by atoms with Gasteiger partial charge in [-0.25, -0.2) is 0 Å². The Morgan fingerprint density at radius 1 is 0.871 bits per heavy atom. The van der Waals surface area contributed by atoms with Gasteiger partial charge in [0.15, 0.2) is 5.59 Å². The Morgan fingerprint density at radius 3 is 1.97 bits per heavy atom. The van der Waals surface area contributed by atoms with E-state index in [4.69, 9.17) is 9.47 Å². The smallest absolute Gasteiger partial charge is 0.174 e. The van der Waals surface area contributed by atoms with Crippen LogP contribution in [-0.2, 0) is 11.2 Å². The van der Waals surface area contributed by atoms with Crippen molar-refractivity contribution in [3.8, 4) is 11.5 Å². The van der Waals surface area contributed by atoms with Crippen molar-refractivity contribution < 1.29 is 14.0 Å². The van der Waals surface area contributed by atoms with Crippen LogP contribution in [0.4, 0.5) is 0 Å². The Hall–Kier alpha value is -1.30. The summed E-state index contributed by atoms with van der Waals surface area (Å²) in [6.07, 6.45) is 0. The van der Waals surface area contributed by atoms with Gasteiger partial charge >= 0.3 is 0 Å². The summed E-state index contributed by atoms with van der Waals surface area (Å²) in [4.78, 5) is 0. The van der Waals surface area contributed by atoms with E-state index in [-0.39, 0.29) is 21.1 Å². The number of hydrogen-bond donors (Lipinski definition) is 0. The maximum atomic E-state index is 14.9. The third-order valence-corrected chi connectivity index (χ3v) is 15.2. The van der Waals surface area contributed by atoms with Gasteiger partial charge in [0.1, 0.15) is 25.2 Å². The SMILES string of the molecule is CC(C)(C)[P@@]1c2c(OCc3ccccc3)cccc2O[C@H]1P(=O)(C(C)(C)C)C(C)(C)C. The summed E-state index contributed by atoms with van der Waals surface area (Å²) in [7, 11) is -3.71. The van der Waals surface area contributed by atoms with Gasteiger partial charge in [-0.1, -0.05) is 98.7 Å². The highest BCUT2D eigenvalue weighted by molar-refractivity contribution is 7.84. The van der Waals surface area contributed by atoms with Crippen molar-refractivity contribution in [2.24, 2.45) is 0 Å². The lowest BCUT2D eigenvalue weighted by Crippen LogP contribution is -2.38. The molecule has 5 heteroatoms. The van der Waals surface area contributed by atoms with Crippen LogP contribution in [0.15, 0.2) is 48.5 Å². The molecule has 0 radical (unpaired) electrons. The van der Waals surface area contributed by atoms with Gasteiger partial charge in [0, 0.05) is 10.3 Å². The second-order valence-corrected chi connectivity index (χ2v) is 19.2. The van der Waals surface area contributed by atoms with Gasteiger partial charge in [-0.15, -0.1) is 0 Å². The molecule has 2 aromatic rings. The Kier molecular flexibility index (Phi) is 6.47. The van der Waals surface area contributed by atoms with Gasteiger partial charge in [-0.05, 0) is 30.8 Å². The van der Waals surface area contributed by atoms with Crippen LogP contribution in [0.1, 0.15) is 67.9 Å². The van der Waals surface area contributed by atoms with Crippen molar-refractivity contribution in [1.29, 1.82) is 0 Å². The molecule has 31 heavy (non-hydrogen) atoms. The van der Waals surface area contributed by atoms with E-state index >= 15 is 0 Å². The largest absolute Gasteiger partial charge is 0.488 e. The zero-order valence-corrected chi connectivity index (χ0v) is 22.3. The summed E-state index contributed by atoms with van der Waals surface area (Å²) in [5.74, 6) is 1.70. The number of benzene rings is 2. The number of hydrogen-bond acceptors (Lipinski definition) is 3. The van der Waals surface area contributed by atoms with Crippen LogP contribution in [0.3, 0.4) is 0 Å². The second-order valence-electron chi connectivity index (χ2n) is 11.4. The lowest BCUT2D eigenvalue weighted by atomic mass is 10.2. The molecule has 0 saturated carbocycles. The Bertz CT molecular complexity index is 945. The normalized spacial score (nSPS) is 19.6. The van der Waals surface area contributed by atoms with Crippen LogP contribution in [0.25, 0.3) is 0 Å². The molecule has 3 rings (SSSR count). The maximum absolute atomic E-state index is 14.9. The van der Waals surface area contributed by atoms with Gasteiger partial charge in [-0.3, -0.25) is 0 Å². The van der Waals surface area contributed by atoms with Crippen LogP contribution in [0.5, 0.6) is 11.5 Å². The number of rotatable bonds is 4. The van der Waals surface area contributed by atoms with E-state index in [9.17, 15) is 4.57 Å². The van der Waals surface area contributed by atoms with E-state index < -0.39 is 15.1 Å². The molecule has 0 spiro atoms. The first kappa shape index (κ1) is 24.3. The van der Waals surface area contributed by atoms with Gasteiger partial charge in [0.25, 0.3) is 0 Å². The topological polar surface area (TPSA) is 35.5 Å². The predicted octanol–water partition coefficient (Wildman–Crippen LogP) is 7.81. The van der Waals surface area contributed by atoms with Crippen molar-refractivity contribution >= 4 is 20.4 Å². The first-order chi connectivity index (χ1) is 14.2. The highest BCUT2D eigenvalue weighted by atomic mass is 31.2. The first-order valence-corrected chi connectivity index (χ1v) is 14.2. The minimum absolute atomic E-state index is 0.0797. The highest BCUT2D eigenvalue weighted by Gasteiger charge is 2.60. The minimum Gasteiger partial charge on any atom is -0.488 e. The first-order valence-electron chi connectivity index (χ1n) is 11.0. The average molecular weight is 461 g/mol. The summed E-state index contributed by atoms with van der Waals surface area (Å²) in [5, 5.41) is 0.313. The molecule has 1 heterocycles. The van der Waals surface area contributed by atoms with Gasteiger partial charge in [-0.2, -0.15) is 0 Å². The highest BCUT2D eigenvalue weighted by Crippen LogP contribution is 2.80. The third-order valence-electron chi connectivity index (χ3n) is 5.92. The lowest BCUT2D eigenvalue weighted by Gasteiger charge is -2.47. The average Bonchev–Trinajstić information content (AvgIpc) is 3.05. The van der Waals surface area contributed by atoms with Crippen LogP contribution < -0.4 is 14.8 Å². The molecule has 0 bridgehead atoms. The molecule has 2 aromatic carbocycles. The molecule has 1 aliphatic heterocycles. The molecule has 0 unspecified atom stereocenters. The molecule has 0 amide bonds. The molecule has 170 valence electrons. The zero-order chi connectivity index (χ0) is 23.2. The Morgan fingerprint density at radius 2 is 1.45 bits per heavy atom. The van der Waals surface area contributed by atoms with E-state index in [0.29, 0.717) is 6.61 Å². The molecule has 0 saturated heterocycles. The summed E-state index contributed by atoms with van der Waals surface area (Å²) in [5.41, 5.74) is 0.810. The van der Waals surface area contributed by atoms with Crippen molar-refractivity contribution in [1.82, 2.24) is 0 Å². The zero-order valence-electron chi connectivity index (χ0n) is 20.5. The van der Waals surface area contributed by atoms with Crippen LogP contribution in [-0.4, -0.2) is 21.1 Å². The Labute approximate surface area is 190 Å². The van der Waals surface area contributed by atoms with E-state index in [1.54, 1.807) is 0 Å². The maximum Gasteiger partial charge on any atom is 0.174 e. The van der Waals surface area contributed by atoms with Gasteiger partial charge in [0.05, 0.1) is 5.30 Å². The number of ether oxygens (including phenoxy) is 2. The van der Waals surface area contributed by atoms with Crippen LogP contribution in [0.2, 0.25) is 0 Å². The predicted molar refractivity (Wildman–Crippen MR) is 135 cm³/mol. The molecular formula is C26H38O3P2. The molecule has 2 atom stereocenters. The molecule has 0 aromatic heterocycles. The van der Waals surface area contributed by atoms with E-state index in [2.05, 4.69) is 74.4 Å². The van der Waals surface area contributed by atoms with Crippen molar-refractivity contribution in [2.45, 2.75) is 90.0 Å². The van der Waals surface area contributed by atoms with E-state index in [1.165, 1.54) is 0 Å². The molecule has 1 aliphatic rings. The summed E-state index contributed by atoms with van der Waals surface area (Å²) < 4.78 is 27.9. The van der Waals surface area contributed by atoms with Gasteiger partial charge < -0.3 is 14.0 Å². The van der Waals surface area contributed by atoms with E-state index in [1.807, 2.05) is 36.4 Å².